The third-order valence-electron chi connectivity index (χ3n) is 4.71. The number of amides is 2. The van der Waals surface area contributed by atoms with E-state index in [2.05, 4.69) is 20.6 Å². The highest BCUT2D eigenvalue weighted by Gasteiger charge is 2.17. The number of rotatable bonds is 6. The molecule has 156 valence electrons. The third kappa shape index (κ3) is 4.84. The Morgan fingerprint density at radius 3 is 2.58 bits per heavy atom. The van der Waals surface area contributed by atoms with Gasteiger partial charge in [-0.15, -0.1) is 0 Å². The summed E-state index contributed by atoms with van der Waals surface area (Å²) in [5, 5.41) is 6.14. The average Bonchev–Trinajstić information content (AvgIpc) is 3.29. The molecule has 2 N–H and O–H groups in total. The molecule has 0 bridgehead atoms. The van der Waals surface area contributed by atoms with Gasteiger partial charge in [0.2, 0.25) is 0 Å². The van der Waals surface area contributed by atoms with Gasteiger partial charge in [-0.05, 0) is 53.6 Å². The van der Waals surface area contributed by atoms with Crippen LogP contribution >= 0.6 is 11.6 Å². The molecule has 1 atom stereocenters. The second-order valence-corrected chi connectivity index (χ2v) is 7.18. The first-order valence-electron chi connectivity index (χ1n) is 9.53. The second-order valence-electron chi connectivity index (χ2n) is 6.74. The van der Waals surface area contributed by atoms with Gasteiger partial charge in [0.25, 0.3) is 0 Å². The summed E-state index contributed by atoms with van der Waals surface area (Å²) in [5.41, 5.74) is 3.17. The number of hydrogen-bond acceptors (Lipinski definition) is 4. The summed E-state index contributed by atoms with van der Waals surface area (Å²) >= 11 is 6.04. The summed E-state index contributed by atoms with van der Waals surface area (Å²) in [6.45, 7) is 0. The highest BCUT2D eigenvalue weighted by atomic mass is 35.5. The van der Waals surface area contributed by atoms with Crippen molar-refractivity contribution in [2.75, 3.05) is 17.7 Å². The van der Waals surface area contributed by atoms with Gasteiger partial charge in [-0.2, -0.15) is 0 Å². The third-order valence-corrected chi connectivity index (χ3v) is 4.95. The van der Waals surface area contributed by atoms with Gasteiger partial charge >= 0.3 is 6.03 Å². The molecular formula is C23H20ClN5O2. The van der Waals surface area contributed by atoms with Crippen molar-refractivity contribution in [2.24, 2.45) is 0 Å². The molecule has 31 heavy (non-hydrogen) atoms. The number of carbonyl (C=O) groups excluding carboxylic acids is 1. The van der Waals surface area contributed by atoms with Crippen LogP contribution in [0.15, 0.2) is 85.7 Å². The Hall–Kier alpha value is -3.84. The molecule has 0 fully saturated rings. The first-order chi connectivity index (χ1) is 15.1. The summed E-state index contributed by atoms with van der Waals surface area (Å²) in [4.78, 5) is 20.9. The molecule has 2 aromatic heterocycles. The molecule has 0 radical (unpaired) electrons. The van der Waals surface area contributed by atoms with Crippen molar-refractivity contribution in [1.82, 2.24) is 14.5 Å². The lowest BCUT2D eigenvalue weighted by molar-refractivity contribution is 0.262. The lowest BCUT2D eigenvalue weighted by atomic mass is 9.99. The molecule has 0 aliphatic rings. The molecular weight excluding hydrogens is 414 g/mol. The molecule has 7 nitrogen and oxygen atoms in total. The van der Waals surface area contributed by atoms with E-state index in [9.17, 15) is 4.79 Å². The van der Waals surface area contributed by atoms with Crippen molar-refractivity contribution in [3.8, 4) is 5.75 Å². The average molecular weight is 434 g/mol. The molecule has 8 heteroatoms. The lowest BCUT2D eigenvalue weighted by Gasteiger charge is -2.20. The highest BCUT2D eigenvalue weighted by molar-refractivity contribution is 6.31. The Morgan fingerprint density at radius 1 is 1.00 bits per heavy atom. The number of nitrogens with one attached hydrogen (secondary N) is 2. The Labute approximate surface area is 184 Å². The van der Waals surface area contributed by atoms with Gasteiger partial charge in [0.05, 0.1) is 25.2 Å². The van der Waals surface area contributed by atoms with Crippen molar-refractivity contribution < 1.29 is 9.53 Å². The van der Waals surface area contributed by atoms with Crippen LogP contribution in [-0.2, 0) is 0 Å². The van der Waals surface area contributed by atoms with E-state index in [1.807, 2.05) is 47.2 Å². The van der Waals surface area contributed by atoms with Crippen LogP contribution in [-0.4, -0.2) is 27.7 Å². The topological polar surface area (TPSA) is 81.1 Å². The fraction of sp³-hybridized carbons (Fsp3) is 0.0870. The Bertz CT molecular complexity index is 1170. The van der Waals surface area contributed by atoms with Gasteiger partial charge in [-0.3, -0.25) is 4.98 Å². The van der Waals surface area contributed by atoms with E-state index in [0.717, 1.165) is 11.1 Å². The van der Waals surface area contributed by atoms with E-state index in [1.165, 1.54) is 7.11 Å². The van der Waals surface area contributed by atoms with Crippen molar-refractivity contribution in [3.05, 3.63) is 102 Å². The predicted molar refractivity (Wildman–Crippen MR) is 121 cm³/mol. The fourth-order valence-corrected chi connectivity index (χ4v) is 3.53. The molecule has 4 rings (SSSR count). The minimum Gasteiger partial charge on any atom is -0.495 e. The van der Waals surface area contributed by atoms with E-state index in [0.29, 0.717) is 22.1 Å². The van der Waals surface area contributed by atoms with Crippen LogP contribution in [0.5, 0.6) is 5.75 Å². The summed E-state index contributed by atoms with van der Waals surface area (Å²) in [7, 11) is 1.53. The van der Waals surface area contributed by atoms with Gasteiger partial charge in [0, 0.05) is 35.5 Å². The number of anilines is 2. The van der Waals surface area contributed by atoms with E-state index in [1.54, 1.807) is 43.1 Å². The van der Waals surface area contributed by atoms with E-state index >= 15 is 0 Å². The largest absolute Gasteiger partial charge is 0.495 e. The molecule has 0 saturated heterocycles. The molecule has 2 aromatic carbocycles. The number of nitrogens with zero attached hydrogens (tertiary/aromatic N) is 3. The molecule has 2 heterocycles. The fourth-order valence-electron chi connectivity index (χ4n) is 3.35. The zero-order valence-electron chi connectivity index (χ0n) is 16.7. The zero-order chi connectivity index (χ0) is 21.6. The first-order valence-corrected chi connectivity index (χ1v) is 9.90. The molecule has 0 aliphatic carbocycles. The van der Waals surface area contributed by atoms with Crippen LogP contribution in [0.4, 0.5) is 16.2 Å². The molecule has 4 aromatic rings. The van der Waals surface area contributed by atoms with Crippen molar-refractivity contribution in [3.63, 3.8) is 0 Å². The normalized spacial score (nSPS) is 11.5. The van der Waals surface area contributed by atoms with E-state index < -0.39 is 6.03 Å². The van der Waals surface area contributed by atoms with Crippen LogP contribution in [0.25, 0.3) is 0 Å². The monoisotopic (exact) mass is 433 g/mol. The number of methoxy groups -OCH3 is 1. The van der Waals surface area contributed by atoms with E-state index in [-0.39, 0.29) is 6.04 Å². The van der Waals surface area contributed by atoms with Gasteiger partial charge < -0.3 is 19.9 Å². The number of urea groups is 1. The van der Waals surface area contributed by atoms with Gasteiger partial charge in [-0.25, -0.2) is 9.78 Å². The van der Waals surface area contributed by atoms with Gasteiger partial charge in [0.15, 0.2) is 0 Å². The van der Waals surface area contributed by atoms with Crippen LogP contribution in [0.1, 0.15) is 17.2 Å². The number of benzene rings is 2. The maximum atomic E-state index is 12.6. The van der Waals surface area contributed by atoms with Crippen molar-refractivity contribution in [2.45, 2.75) is 6.04 Å². The van der Waals surface area contributed by atoms with Crippen LogP contribution in [0.2, 0.25) is 5.02 Å². The number of halogens is 1. The molecule has 0 aliphatic heterocycles. The number of hydrogen-bond donors (Lipinski definition) is 2. The molecule has 2 amide bonds. The zero-order valence-corrected chi connectivity index (χ0v) is 17.5. The smallest absolute Gasteiger partial charge is 0.323 e. The Kier molecular flexibility index (Phi) is 6.14. The minimum atomic E-state index is -0.402. The lowest BCUT2D eigenvalue weighted by Crippen LogP contribution is -2.20. The van der Waals surface area contributed by atoms with Crippen LogP contribution in [0.3, 0.4) is 0 Å². The minimum absolute atomic E-state index is 0.108. The molecule has 1 unspecified atom stereocenters. The Morgan fingerprint density at radius 2 is 1.84 bits per heavy atom. The van der Waals surface area contributed by atoms with E-state index in [4.69, 9.17) is 16.3 Å². The molecule has 0 saturated carbocycles. The summed E-state index contributed by atoms with van der Waals surface area (Å²) in [5.74, 6) is 0.520. The SMILES string of the molecule is COc1ccc(Cl)cc1NC(=O)Nc1cccc(C(c2ccncc2)n2ccnc2)c1. The summed E-state index contributed by atoms with van der Waals surface area (Å²) in [6.07, 6.45) is 8.93. The quantitative estimate of drug-likeness (QED) is 0.436. The van der Waals surface area contributed by atoms with Crippen LogP contribution in [0, 0.1) is 0 Å². The standard InChI is InChI=1S/C23H20ClN5O2/c1-31-21-6-5-18(24)14-20(21)28-23(30)27-19-4-2-3-17(13-19)22(29-12-11-26-15-29)16-7-9-25-10-8-16/h2-15,22H,1H3,(H2,27,28,30). The number of carbonyl (C=O) groups is 1. The van der Waals surface area contributed by atoms with Gasteiger partial charge in [-0.1, -0.05) is 23.7 Å². The van der Waals surface area contributed by atoms with Crippen molar-refractivity contribution >= 4 is 29.0 Å². The number of ether oxygens (including phenoxy) is 1. The molecule has 0 spiro atoms. The first kappa shape index (κ1) is 20.4. The summed E-state index contributed by atoms with van der Waals surface area (Å²) in [6, 6.07) is 16.1. The number of pyridine rings is 1. The second kappa shape index (κ2) is 9.32. The summed E-state index contributed by atoms with van der Waals surface area (Å²) < 4.78 is 7.28. The Balaban J connectivity index is 1.58. The maximum absolute atomic E-state index is 12.6. The maximum Gasteiger partial charge on any atom is 0.323 e. The predicted octanol–water partition coefficient (Wildman–Crippen LogP) is 5.22. The van der Waals surface area contributed by atoms with Crippen LogP contribution < -0.4 is 15.4 Å². The number of aromatic nitrogens is 3. The number of imidazole rings is 1. The highest BCUT2D eigenvalue weighted by Crippen LogP contribution is 2.29. The van der Waals surface area contributed by atoms with Crippen molar-refractivity contribution in [1.29, 1.82) is 0 Å². The van der Waals surface area contributed by atoms with Gasteiger partial charge in [0.1, 0.15) is 5.75 Å².